The molecule has 0 spiro atoms. The number of pyridine rings is 1. The van der Waals surface area contributed by atoms with Gasteiger partial charge in [0.1, 0.15) is 5.75 Å². The number of carbonyl (C=O) groups is 1. The lowest BCUT2D eigenvalue weighted by Crippen LogP contribution is -2.25. The zero-order chi connectivity index (χ0) is 22.6. The predicted octanol–water partition coefficient (Wildman–Crippen LogP) is 4.84. The third-order valence-electron chi connectivity index (χ3n) is 5.13. The zero-order valence-electron chi connectivity index (χ0n) is 17.9. The summed E-state index contributed by atoms with van der Waals surface area (Å²) in [6.45, 7) is 2.11. The number of carbonyl (C=O) groups excluding carboxylic acids is 1. The number of ether oxygens (including phenoxy) is 1. The quantitative estimate of drug-likeness (QED) is 0.438. The smallest absolute Gasteiger partial charge is 0.262 e. The molecule has 1 aliphatic heterocycles. The van der Waals surface area contributed by atoms with Crippen LogP contribution >= 0.6 is 11.3 Å². The zero-order valence-corrected chi connectivity index (χ0v) is 18.7. The molecule has 4 aromatic rings. The monoisotopic (exact) mass is 455 g/mol. The van der Waals surface area contributed by atoms with Gasteiger partial charge in [0.25, 0.3) is 5.91 Å². The van der Waals surface area contributed by atoms with Crippen LogP contribution in [0, 0.1) is 0 Å². The maximum absolute atomic E-state index is 11.8. The number of amides is 1. The molecule has 1 amide bonds. The van der Waals surface area contributed by atoms with Crippen molar-refractivity contribution in [3.05, 3.63) is 88.8 Å². The number of rotatable bonds is 5. The van der Waals surface area contributed by atoms with Gasteiger partial charge in [-0.25, -0.2) is 9.67 Å². The fourth-order valence-electron chi connectivity index (χ4n) is 3.53. The first-order valence-electron chi connectivity index (χ1n) is 10.6. The first-order chi connectivity index (χ1) is 16.2. The fraction of sp³-hybridized carbons (Fsp3) is 0.120. The molecule has 0 saturated heterocycles. The Balaban J connectivity index is 1.68. The second-order valence-corrected chi connectivity index (χ2v) is 8.19. The number of thiazole rings is 1. The van der Waals surface area contributed by atoms with Gasteiger partial charge in [-0.2, -0.15) is 5.10 Å². The highest BCUT2D eigenvalue weighted by Crippen LogP contribution is 2.33. The van der Waals surface area contributed by atoms with Gasteiger partial charge >= 0.3 is 0 Å². The van der Waals surface area contributed by atoms with Crippen molar-refractivity contribution >= 4 is 34.3 Å². The van der Waals surface area contributed by atoms with E-state index in [-0.39, 0.29) is 12.5 Å². The van der Waals surface area contributed by atoms with Crippen LogP contribution in [0.3, 0.4) is 0 Å². The number of aromatic nitrogens is 2. The third kappa shape index (κ3) is 4.47. The molecule has 8 heteroatoms. The van der Waals surface area contributed by atoms with Gasteiger partial charge in [0.2, 0.25) is 4.80 Å². The molecule has 0 fully saturated rings. The van der Waals surface area contributed by atoms with Crippen molar-refractivity contribution in [1.82, 2.24) is 9.66 Å². The van der Waals surface area contributed by atoms with E-state index in [1.807, 2.05) is 58.6 Å². The van der Waals surface area contributed by atoms with Gasteiger partial charge in [-0.3, -0.25) is 9.78 Å². The minimum Gasteiger partial charge on any atom is -0.482 e. The van der Waals surface area contributed by atoms with Crippen LogP contribution < -0.4 is 14.9 Å². The molecule has 2 aromatic carbocycles. The van der Waals surface area contributed by atoms with Crippen LogP contribution in [-0.4, -0.2) is 27.9 Å². The predicted molar refractivity (Wildman–Crippen MR) is 130 cm³/mol. The van der Waals surface area contributed by atoms with Crippen molar-refractivity contribution in [3.8, 4) is 17.0 Å². The Labute approximate surface area is 194 Å². The molecule has 0 aliphatic carbocycles. The Bertz CT molecular complexity index is 1390. The Kier molecular flexibility index (Phi) is 5.82. The van der Waals surface area contributed by atoms with Gasteiger partial charge < -0.3 is 10.1 Å². The average Bonchev–Trinajstić information content (AvgIpc) is 3.25. The molecule has 2 aromatic heterocycles. The standard InChI is InChI=1S/C25H21N5O2S/c1-2-20(17-7-4-3-5-8-17)29-30-22(16-33-25(30)27-19-9-6-12-26-14-19)18-10-11-23-21(13-18)28-24(31)15-32-23/h3-14,16H,2,15H2,1H3,(H,28,31). The van der Waals surface area contributed by atoms with E-state index in [0.717, 1.165) is 39.4 Å². The minimum absolute atomic E-state index is 0.0279. The van der Waals surface area contributed by atoms with Gasteiger partial charge in [-0.15, -0.1) is 11.3 Å². The van der Waals surface area contributed by atoms with Gasteiger partial charge in [0, 0.05) is 17.1 Å². The first kappa shape index (κ1) is 20.8. The summed E-state index contributed by atoms with van der Waals surface area (Å²) in [5.74, 6) is 0.489. The molecular weight excluding hydrogens is 434 g/mol. The Morgan fingerprint density at radius 2 is 2.06 bits per heavy atom. The number of benzene rings is 2. The average molecular weight is 456 g/mol. The molecule has 0 unspecified atom stereocenters. The maximum Gasteiger partial charge on any atom is 0.262 e. The second kappa shape index (κ2) is 9.22. The molecular formula is C25H21N5O2S. The minimum atomic E-state index is -0.166. The second-order valence-electron chi connectivity index (χ2n) is 7.35. The summed E-state index contributed by atoms with van der Waals surface area (Å²) in [6, 6.07) is 19.6. The maximum atomic E-state index is 11.8. The molecule has 1 aliphatic rings. The number of fused-ring (bicyclic) bond motifs is 1. The molecule has 7 nitrogen and oxygen atoms in total. The lowest BCUT2D eigenvalue weighted by Gasteiger charge is -2.18. The summed E-state index contributed by atoms with van der Waals surface area (Å²) in [5, 5.41) is 9.91. The number of hydrogen-bond acceptors (Lipinski definition) is 6. The van der Waals surface area contributed by atoms with Crippen LogP contribution in [0.25, 0.3) is 11.3 Å². The molecule has 33 heavy (non-hydrogen) atoms. The SMILES string of the molecule is CCC(=Nn1c(-c2ccc3c(c2)NC(=O)CO3)csc1=Nc1cccnc1)c1ccccc1. The van der Waals surface area contributed by atoms with E-state index < -0.39 is 0 Å². The Morgan fingerprint density at radius 3 is 2.85 bits per heavy atom. The summed E-state index contributed by atoms with van der Waals surface area (Å²) in [4.78, 5) is 21.5. The number of nitrogens with one attached hydrogen (secondary N) is 1. The number of nitrogens with zero attached hydrogens (tertiary/aromatic N) is 4. The summed E-state index contributed by atoms with van der Waals surface area (Å²) >= 11 is 1.49. The highest BCUT2D eigenvalue weighted by atomic mass is 32.1. The molecule has 0 saturated carbocycles. The topological polar surface area (TPSA) is 80.9 Å². The van der Waals surface area contributed by atoms with E-state index in [9.17, 15) is 4.79 Å². The van der Waals surface area contributed by atoms with Crippen molar-refractivity contribution in [3.63, 3.8) is 0 Å². The summed E-state index contributed by atoms with van der Waals surface area (Å²) in [6.07, 6.45) is 4.20. The lowest BCUT2D eigenvalue weighted by molar-refractivity contribution is -0.118. The van der Waals surface area contributed by atoms with Gasteiger partial charge in [0.05, 0.1) is 29.0 Å². The highest BCUT2D eigenvalue weighted by molar-refractivity contribution is 7.07. The molecule has 0 radical (unpaired) electrons. The van der Waals surface area contributed by atoms with Crippen LogP contribution in [-0.2, 0) is 4.79 Å². The summed E-state index contributed by atoms with van der Waals surface area (Å²) in [7, 11) is 0. The summed E-state index contributed by atoms with van der Waals surface area (Å²) in [5.41, 5.74) is 5.16. The van der Waals surface area contributed by atoms with Crippen LogP contribution in [0.4, 0.5) is 11.4 Å². The van der Waals surface area contributed by atoms with Crippen molar-refractivity contribution < 1.29 is 9.53 Å². The largest absolute Gasteiger partial charge is 0.482 e. The number of anilines is 1. The van der Waals surface area contributed by atoms with Crippen molar-refractivity contribution in [2.75, 3.05) is 11.9 Å². The first-order valence-corrected chi connectivity index (χ1v) is 11.4. The van der Waals surface area contributed by atoms with Gasteiger partial charge in [-0.1, -0.05) is 37.3 Å². The van der Waals surface area contributed by atoms with E-state index in [0.29, 0.717) is 11.4 Å². The Morgan fingerprint density at radius 1 is 1.18 bits per heavy atom. The van der Waals surface area contributed by atoms with E-state index >= 15 is 0 Å². The van der Waals surface area contributed by atoms with E-state index in [1.165, 1.54) is 11.3 Å². The lowest BCUT2D eigenvalue weighted by atomic mass is 10.1. The van der Waals surface area contributed by atoms with Crippen molar-refractivity contribution in [1.29, 1.82) is 0 Å². The molecule has 0 bridgehead atoms. The highest BCUT2D eigenvalue weighted by Gasteiger charge is 2.18. The van der Waals surface area contributed by atoms with E-state index in [1.54, 1.807) is 12.4 Å². The Hall–Kier alpha value is -4.04. The molecule has 1 N–H and O–H groups in total. The molecule has 5 rings (SSSR count). The normalized spacial score (nSPS) is 13.9. The summed E-state index contributed by atoms with van der Waals surface area (Å²) < 4.78 is 7.37. The van der Waals surface area contributed by atoms with Gasteiger partial charge in [-0.05, 0) is 42.3 Å². The van der Waals surface area contributed by atoms with Gasteiger partial charge in [0.15, 0.2) is 6.61 Å². The molecule has 3 heterocycles. The van der Waals surface area contributed by atoms with Crippen LogP contribution in [0.5, 0.6) is 5.75 Å². The van der Waals surface area contributed by atoms with Crippen LogP contribution in [0.2, 0.25) is 0 Å². The van der Waals surface area contributed by atoms with Crippen LogP contribution in [0.15, 0.2) is 88.5 Å². The number of hydrogen-bond donors (Lipinski definition) is 1. The van der Waals surface area contributed by atoms with Crippen molar-refractivity contribution in [2.24, 2.45) is 10.1 Å². The fourth-order valence-corrected chi connectivity index (χ4v) is 4.38. The van der Waals surface area contributed by atoms with Crippen LogP contribution in [0.1, 0.15) is 18.9 Å². The molecule has 164 valence electrons. The van der Waals surface area contributed by atoms with E-state index in [2.05, 4.69) is 29.4 Å². The van der Waals surface area contributed by atoms with Crippen molar-refractivity contribution in [2.45, 2.75) is 13.3 Å². The molecule has 0 atom stereocenters. The third-order valence-corrected chi connectivity index (χ3v) is 5.94. The van der Waals surface area contributed by atoms with E-state index in [4.69, 9.17) is 14.8 Å².